The summed E-state index contributed by atoms with van der Waals surface area (Å²) in [6.45, 7) is 12.2. The highest BCUT2D eigenvalue weighted by Gasteiger charge is 2.87. The van der Waals surface area contributed by atoms with E-state index in [4.69, 9.17) is 14.2 Å². The molecule has 7 fully saturated rings. The van der Waals surface area contributed by atoms with Gasteiger partial charge in [-0.1, -0.05) is 27.7 Å². The maximum absolute atomic E-state index is 13.5. The summed E-state index contributed by atoms with van der Waals surface area (Å²) in [6.07, 6.45) is -1.49. The van der Waals surface area contributed by atoms with Gasteiger partial charge in [0.2, 0.25) is 0 Å². The molecule has 0 aromatic carbocycles. The van der Waals surface area contributed by atoms with Crippen molar-refractivity contribution in [3.8, 4) is 0 Å². The third kappa shape index (κ3) is 3.95. The van der Waals surface area contributed by atoms with Crippen LogP contribution in [0.5, 0.6) is 0 Å². The minimum Gasteiger partial charge on any atom is -0.462 e. The number of aliphatic hydroxyl groups is 5. The zero-order valence-corrected chi connectivity index (χ0v) is 27.5. The fraction of sp³-hybridized carbons (Fsp3) is 0.941. The number of nitrogens with zero attached hydrogens (tertiary/aromatic N) is 1. The topological polar surface area (TPSA) is 166 Å². The van der Waals surface area contributed by atoms with E-state index in [1.807, 2.05) is 13.8 Å². The average Bonchev–Trinajstić information content (AvgIpc) is 3.24. The molecule has 17 atom stereocenters. The Balaban J connectivity index is 1.42. The van der Waals surface area contributed by atoms with Gasteiger partial charge in [0.1, 0.15) is 17.8 Å². The van der Waals surface area contributed by atoms with Crippen molar-refractivity contribution < 1.29 is 49.3 Å². The van der Waals surface area contributed by atoms with Gasteiger partial charge in [0, 0.05) is 43.3 Å². The Morgan fingerprint density at radius 1 is 1.07 bits per heavy atom. The zero-order chi connectivity index (χ0) is 32.6. The molecule has 0 amide bonds. The molecule has 11 heteroatoms. The normalized spacial score (nSPS) is 57.2. The third-order valence-electron chi connectivity index (χ3n) is 14.4. The number of rotatable bonds is 4. The van der Waals surface area contributed by atoms with E-state index in [1.54, 1.807) is 13.8 Å². The van der Waals surface area contributed by atoms with Crippen LogP contribution in [0.1, 0.15) is 86.5 Å². The molecule has 7 aliphatic rings. The van der Waals surface area contributed by atoms with Gasteiger partial charge in [-0.2, -0.15) is 0 Å². The van der Waals surface area contributed by atoms with Crippen LogP contribution in [0.15, 0.2) is 0 Å². The molecule has 4 bridgehead atoms. The molecule has 4 saturated carbocycles. The number of hydrogen-bond donors (Lipinski definition) is 5. The average molecular weight is 636 g/mol. The van der Waals surface area contributed by atoms with Gasteiger partial charge in [0.05, 0.1) is 29.1 Å². The first-order valence-electron chi connectivity index (χ1n) is 17.3. The maximum Gasteiger partial charge on any atom is 0.309 e. The standard InChI is InChI=1S/C34H53NO10/c1-7-17(3)29(39)44-28-26(38)25-19(15-35-14-16(2)8-9-23(35)31(25,6)40)20-13-32-27(33(20,28)41)21(43-18(4)36)12-22-30(32,5)11-10-24(37)34(22,42)45-32/h16-17,19-28,37-38,40-42H,7-15H2,1-6H3. The van der Waals surface area contributed by atoms with E-state index >= 15 is 0 Å². The van der Waals surface area contributed by atoms with Crippen molar-refractivity contribution in [2.24, 2.45) is 46.8 Å². The van der Waals surface area contributed by atoms with Crippen molar-refractivity contribution in [2.45, 2.75) is 140 Å². The lowest BCUT2D eigenvalue weighted by atomic mass is 9.49. The fourth-order valence-corrected chi connectivity index (χ4v) is 12.2. The predicted molar refractivity (Wildman–Crippen MR) is 159 cm³/mol. The molecule has 45 heavy (non-hydrogen) atoms. The third-order valence-corrected chi connectivity index (χ3v) is 14.4. The van der Waals surface area contributed by atoms with Crippen LogP contribution >= 0.6 is 0 Å². The second-order valence-electron chi connectivity index (χ2n) is 16.6. The highest BCUT2D eigenvalue weighted by molar-refractivity contribution is 5.72. The molecule has 3 heterocycles. The Bertz CT molecular complexity index is 1250. The first kappa shape index (κ1) is 32.2. The Morgan fingerprint density at radius 3 is 2.44 bits per heavy atom. The van der Waals surface area contributed by atoms with Crippen molar-refractivity contribution in [3.63, 3.8) is 0 Å². The van der Waals surface area contributed by atoms with Crippen molar-refractivity contribution in [3.05, 3.63) is 0 Å². The first-order chi connectivity index (χ1) is 21.0. The number of carbonyl (C=O) groups is 2. The van der Waals surface area contributed by atoms with Gasteiger partial charge in [-0.25, -0.2) is 0 Å². The molecule has 17 unspecified atom stereocenters. The largest absolute Gasteiger partial charge is 0.462 e. The highest BCUT2D eigenvalue weighted by atomic mass is 16.7. The van der Waals surface area contributed by atoms with Gasteiger partial charge in [0.15, 0.2) is 11.9 Å². The smallest absolute Gasteiger partial charge is 0.309 e. The number of ether oxygens (including phenoxy) is 3. The van der Waals surface area contributed by atoms with Gasteiger partial charge in [-0.15, -0.1) is 0 Å². The number of carbonyl (C=O) groups excluding carboxylic acids is 2. The Labute approximate surface area is 265 Å². The number of fused-ring (bicyclic) bond motifs is 5. The van der Waals surface area contributed by atoms with Crippen LogP contribution in [0.3, 0.4) is 0 Å². The number of esters is 2. The summed E-state index contributed by atoms with van der Waals surface area (Å²) in [5.74, 6) is -6.38. The SMILES string of the molecule is CCC(C)C(=O)OC1C(O)C2C(CN3CC(C)CCC3C2(C)O)C2CC34OC5(O)C(O)CCC3(C)C5CC(OC(C)=O)C4C21O. The molecule has 3 saturated heterocycles. The lowest BCUT2D eigenvalue weighted by Crippen LogP contribution is -2.77. The molecule has 254 valence electrons. The van der Waals surface area contributed by atoms with E-state index < -0.39 is 99.9 Å². The van der Waals surface area contributed by atoms with Gasteiger partial charge in [0.25, 0.3) is 0 Å². The van der Waals surface area contributed by atoms with Crippen LogP contribution < -0.4 is 0 Å². The number of piperidine rings is 2. The summed E-state index contributed by atoms with van der Waals surface area (Å²) in [4.78, 5) is 28.4. The van der Waals surface area contributed by atoms with E-state index in [1.165, 1.54) is 6.92 Å². The summed E-state index contributed by atoms with van der Waals surface area (Å²) >= 11 is 0. The molecule has 0 aromatic heterocycles. The van der Waals surface area contributed by atoms with Gasteiger partial charge >= 0.3 is 11.9 Å². The molecule has 0 radical (unpaired) electrons. The van der Waals surface area contributed by atoms with E-state index in [-0.39, 0.29) is 18.9 Å². The lowest BCUT2D eigenvalue weighted by molar-refractivity contribution is -0.299. The van der Waals surface area contributed by atoms with Crippen molar-refractivity contribution in [1.82, 2.24) is 4.90 Å². The molecule has 0 aromatic rings. The maximum atomic E-state index is 13.5. The van der Waals surface area contributed by atoms with Crippen LogP contribution in [0.2, 0.25) is 0 Å². The molecular weight excluding hydrogens is 582 g/mol. The fourth-order valence-electron chi connectivity index (χ4n) is 12.2. The molecule has 4 aliphatic carbocycles. The van der Waals surface area contributed by atoms with Crippen molar-refractivity contribution in [1.29, 1.82) is 0 Å². The Kier molecular flexibility index (Phi) is 7.22. The molecule has 1 spiro atoms. The van der Waals surface area contributed by atoms with E-state index in [0.29, 0.717) is 31.7 Å². The summed E-state index contributed by atoms with van der Waals surface area (Å²) in [7, 11) is 0. The summed E-state index contributed by atoms with van der Waals surface area (Å²) in [5, 5.41) is 61.3. The van der Waals surface area contributed by atoms with Gasteiger partial charge in [-0.05, 0) is 69.6 Å². The Hall–Kier alpha value is -1.34. The lowest BCUT2D eigenvalue weighted by Gasteiger charge is -2.64. The first-order valence-corrected chi connectivity index (χ1v) is 17.3. The summed E-state index contributed by atoms with van der Waals surface area (Å²) in [6, 6.07) is -0.197. The van der Waals surface area contributed by atoms with Crippen molar-refractivity contribution >= 4 is 11.9 Å². The van der Waals surface area contributed by atoms with Gasteiger partial charge < -0.3 is 39.7 Å². The number of aliphatic hydroxyl groups excluding tert-OH is 2. The molecule has 7 rings (SSSR count). The quantitative estimate of drug-likeness (QED) is 0.283. The van der Waals surface area contributed by atoms with E-state index in [0.717, 1.165) is 19.4 Å². The number of hydrogen-bond acceptors (Lipinski definition) is 11. The van der Waals surface area contributed by atoms with Crippen LogP contribution in [0, 0.1) is 46.8 Å². The second kappa shape index (κ2) is 10.1. The van der Waals surface area contributed by atoms with Crippen LogP contribution in [0.25, 0.3) is 0 Å². The van der Waals surface area contributed by atoms with E-state index in [9.17, 15) is 35.1 Å². The van der Waals surface area contributed by atoms with Gasteiger partial charge in [-0.3, -0.25) is 14.5 Å². The van der Waals surface area contributed by atoms with E-state index in [2.05, 4.69) is 11.8 Å². The molecule has 3 aliphatic heterocycles. The minimum atomic E-state index is -1.92. The Morgan fingerprint density at radius 2 is 1.78 bits per heavy atom. The highest BCUT2D eigenvalue weighted by Crippen LogP contribution is 2.77. The predicted octanol–water partition coefficient (Wildman–Crippen LogP) is 1.35. The summed E-state index contributed by atoms with van der Waals surface area (Å²) < 4.78 is 18.9. The zero-order valence-electron chi connectivity index (χ0n) is 27.5. The van der Waals surface area contributed by atoms with Crippen LogP contribution in [0.4, 0.5) is 0 Å². The van der Waals surface area contributed by atoms with Crippen LogP contribution in [-0.4, -0.2) is 109 Å². The minimum absolute atomic E-state index is 0.144. The molecule has 11 nitrogen and oxygen atoms in total. The summed E-state index contributed by atoms with van der Waals surface area (Å²) in [5.41, 5.74) is -5.23. The van der Waals surface area contributed by atoms with Crippen LogP contribution in [-0.2, 0) is 23.8 Å². The molecule has 5 N–H and O–H groups in total. The molecular formula is C34H53NO10. The second-order valence-corrected chi connectivity index (χ2v) is 16.6. The monoisotopic (exact) mass is 635 g/mol. The van der Waals surface area contributed by atoms with Crippen molar-refractivity contribution in [2.75, 3.05) is 13.1 Å².